The highest BCUT2D eigenvalue weighted by molar-refractivity contribution is 5.83. The van der Waals surface area contributed by atoms with E-state index in [4.69, 9.17) is 4.98 Å². The van der Waals surface area contributed by atoms with Crippen LogP contribution in [0.15, 0.2) is 30.5 Å². The van der Waals surface area contributed by atoms with Crippen LogP contribution in [0.5, 0.6) is 0 Å². The molecule has 2 aliphatic heterocycles. The zero-order chi connectivity index (χ0) is 18.1. The van der Waals surface area contributed by atoms with E-state index in [1.54, 1.807) is 0 Å². The highest BCUT2D eigenvalue weighted by Gasteiger charge is 2.28. The van der Waals surface area contributed by atoms with E-state index < -0.39 is 0 Å². The third-order valence-electron chi connectivity index (χ3n) is 5.64. The average Bonchev–Trinajstić information content (AvgIpc) is 3.21. The lowest BCUT2D eigenvalue weighted by atomic mass is 9.97. The van der Waals surface area contributed by atoms with Crippen molar-refractivity contribution < 1.29 is 4.79 Å². The summed E-state index contributed by atoms with van der Waals surface area (Å²) in [5.74, 6) is 1.45. The van der Waals surface area contributed by atoms with Crippen molar-refractivity contribution in [3.05, 3.63) is 58.7 Å². The maximum atomic E-state index is 12.9. The van der Waals surface area contributed by atoms with Crippen LogP contribution in [0.25, 0.3) is 0 Å². The zero-order valence-electron chi connectivity index (χ0n) is 15.5. The lowest BCUT2D eigenvalue weighted by molar-refractivity contribution is -0.133. The fraction of sp³-hybridized carbons (Fsp3) is 0.476. The lowest BCUT2D eigenvalue weighted by Gasteiger charge is -2.30. The number of hydrogen-bond acceptors (Lipinski definition) is 4. The minimum Gasteiger partial charge on any atom is -0.337 e. The minimum absolute atomic E-state index is 0.123. The Hall–Kier alpha value is -2.27. The molecule has 1 fully saturated rings. The van der Waals surface area contributed by atoms with E-state index in [0.29, 0.717) is 12.5 Å². The van der Waals surface area contributed by atoms with Gasteiger partial charge in [-0.05, 0) is 32.4 Å². The molecule has 0 radical (unpaired) electrons. The third kappa shape index (κ3) is 3.36. The van der Waals surface area contributed by atoms with Gasteiger partial charge in [0.1, 0.15) is 5.82 Å². The topological polar surface area (TPSA) is 58.1 Å². The molecule has 1 aromatic carbocycles. The quantitative estimate of drug-likeness (QED) is 0.924. The summed E-state index contributed by atoms with van der Waals surface area (Å²) in [6.07, 6.45) is 3.86. The Balaban J connectivity index is 1.47. The van der Waals surface area contributed by atoms with Gasteiger partial charge in [0, 0.05) is 43.7 Å². The number of benzene rings is 1. The molecule has 1 aromatic heterocycles. The zero-order valence-corrected chi connectivity index (χ0v) is 15.5. The number of carbonyl (C=O) groups is 1. The van der Waals surface area contributed by atoms with Crippen molar-refractivity contribution >= 4 is 5.91 Å². The maximum Gasteiger partial charge on any atom is 0.230 e. The molecule has 0 aliphatic carbocycles. The molecule has 1 N–H and O–H groups in total. The number of hydrogen-bond donors (Lipinski definition) is 1. The van der Waals surface area contributed by atoms with Gasteiger partial charge in [0.15, 0.2) is 0 Å². The van der Waals surface area contributed by atoms with E-state index in [2.05, 4.69) is 41.5 Å². The molecule has 1 saturated heterocycles. The summed E-state index contributed by atoms with van der Waals surface area (Å²) in [6, 6.07) is 8.25. The number of aryl methyl sites for hydroxylation is 1. The second-order valence-electron chi connectivity index (χ2n) is 7.53. The van der Waals surface area contributed by atoms with E-state index in [1.165, 1.54) is 5.56 Å². The largest absolute Gasteiger partial charge is 0.337 e. The van der Waals surface area contributed by atoms with E-state index in [0.717, 1.165) is 55.1 Å². The number of amides is 1. The van der Waals surface area contributed by atoms with Gasteiger partial charge in [0.25, 0.3) is 0 Å². The Morgan fingerprint density at radius 1 is 1.31 bits per heavy atom. The van der Waals surface area contributed by atoms with Crippen molar-refractivity contribution in [2.45, 2.75) is 45.1 Å². The Morgan fingerprint density at radius 3 is 2.85 bits per heavy atom. The fourth-order valence-corrected chi connectivity index (χ4v) is 3.86. The maximum absolute atomic E-state index is 12.9. The first-order chi connectivity index (χ1) is 12.6. The van der Waals surface area contributed by atoms with Crippen molar-refractivity contribution in [2.24, 2.45) is 0 Å². The Bertz CT molecular complexity index is 796. The van der Waals surface area contributed by atoms with Gasteiger partial charge in [-0.2, -0.15) is 0 Å². The summed E-state index contributed by atoms with van der Waals surface area (Å²) >= 11 is 0. The van der Waals surface area contributed by atoms with E-state index in [9.17, 15) is 4.79 Å². The van der Waals surface area contributed by atoms with Crippen LogP contribution in [0, 0.1) is 6.92 Å². The average molecular weight is 350 g/mol. The van der Waals surface area contributed by atoms with Crippen molar-refractivity contribution in [1.29, 1.82) is 0 Å². The first kappa shape index (κ1) is 17.2. The predicted molar refractivity (Wildman–Crippen MR) is 101 cm³/mol. The SMILES string of the molecule is Cc1ccc([C@@H](C)C(=O)N2CCc3nc([C@H]4CCNC4)ncc3C2)cc1. The van der Waals surface area contributed by atoms with Crippen LogP contribution < -0.4 is 5.32 Å². The van der Waals surface area contributed by atoms with Crippen molar-refractivity contribution in [2.75, 3.05) is 19.6 Å². The second kappa shape index (κ2) is 7.16. The number of aromatic nitrogens is 2. The number of nitrogens with one attached hydrogen (secondary N) is 1. The second-order valence-corrected chi connectivity index (χ2v) is 7.53. The summed E-state index contributed by atoms with van der Waals surface area (Å²) < 4.78 is 0. The molecule has 0 bridgehead atoms. The molecule has 5 nitrogen and oxygen atoms in total. The van der Waals surface area contributed by atoms with E-state index in [1.807, 2.05) is 18.0 Å². The first-order valence-electron chi connectivity index (χ1n) is 9.52. The molecule has 5 heteroatoms. The molecule has 2 aromatic rings. The van der Waals surface area contributed by atoms with Crippen LogP contribution in [0.3, 0.4) is 0 Å². The van der Waals surface area contributed by atoms with Crippen molar-refractivity contribution in [3.63, 3.8) is 0 Å². The number of fused-ring (bicyclic) bond motifs is 1. The van der Waals surface area contributed by atoms with Crippen molar-refractivity contribution in [3.8, 4) is 0 Å². The Labute approximate surface area is 154 Å². The van der Waals surface area contributed by atoms with Crippen LogP contribution >= 0.6 is 0 Å². The van der Waals surface area contributed by atoms with Gasteiger partial charge in [-0.15, -0.1) is 0 Å². The third-order valence-corrected chi connectivity index (χ3v) is 5.64. The monoisotopic (exact) mass is 350 g/mol. The molecule has 3 heterocycles. The molecule has 4 rings (SSSR count). The van der Waals surface area contributed by atoms with Gasteiger partial charge in [-0.1, -0.05) is 29.8 Å². The van der Waals surface area contributed by atoms with Gasteiger partial charge in [-0.25, -0.2) is 9.97 Å². The summed E-state index contributed by atoms with van der Waals surface area (Å²) in [4.78, 5) is 24.3. The summed E-state index contributed by atoms with van der Waals surface area (Å²) in [5, 5.41) is 3.37. The highest BCUT2D eigenvalue weighted by Crippen LogP contribution is 2.25. The normalized spacial score (nSPS) is 20.7. The number of nitrogens with zero attached hydrogens (tertiary/aromatic N) is 3. The van der Waals surface area contributed by atoms with Gasteiger partial charge in [0.05, 0.1) is 11.6 Å². The molecular weight excluding hydrogens is 324 g/mol. The molecule has 2 atom stereocenters. The molecule has 0 unspecified atom stereocenters. The minimum atomic E-state index is -0.123. The highest BCUT2D eigenvalue weighted by atomic mass is 16.2. The molecule has 1 amide bonds. The van der Waals surface area contributed by atoms with Crippen molar-refractivity contribution in [1.82, 2.24) is 20.2 Å². The van der Waals surface area contributed by atoms with Crippen LogP contribution in [-0.2, 0) is 17.8 Å². The standard InChI is InChI=1S/C21H26N4O/c1-14-3-5-16(6-4-14)15(2)21(26)25-10-8-19-18(13-25)12-23-20(24-19)17-7-9-22-11-17/h3-6,12,15,17,22H,7-11,13H2,1-2H3/t15-,17+/m1/s1. The van der Waals surface area contributed by atoms with Crippen LogP contribution in [0.4, 0.5) is 0 Å². The predicted octanol–water partition coefficient (Wildman–Crippen LogP) is 2.55. The van der Waals surface area contributed by atoms with E-state index in [-0.39, 0.29) is 11.8 Å². The lowest BCUT2D eigenvalue weighted by Crippen LogP contribution is -2.39. The van der Waals surface area contributed by atoms with Crippen LogP contribution in [-0.4, -0.2) is 40.4 Å². The summed E-state index contributed by atoms with van der Waals surface area (Å²) in [7, 11) is 0. The number of rotatable bonds is 3. The Morgan fingerprint density at radius 2 is 2.12 bits per heavy atom. The molecule has 2 aliphatic rings. The van der Waals surface area contributed by atoms with Gasteiger partial charge in [0.2, 0.25) is 5.91 Å². The molecule has 136 valence electrons. The van der Waals surface area contributed by atoms with Crippen LogP contribution in [0.1, 0.15) is 53.4 Å². The Kier molecular flexibility index (Phi) is 4.72. The molecule has 0 saturated carbocycles. The van der Waals surface area contributed by atoms with E-state index >= 15 is 0 Å². The van der Waals surface area contributed by atoms with Gasteiger partial charge >= 0.3 is 0 Å². The van der Waals surface area contributed by atoms with Gasteiger partial charge < -0.3 is 10.2 Å². The summed E-state index contributed by atoms with van der Waals surface area (Å²) in [5.41, 5.74) is 4.50. The number of carbonyl (C=O) groups excluding carboxylic acids is 1. The van der Waals surface area contributed by atoms with Gasteiger partial charge in [-0.3, -0.25) is 4.79 Å². The fourth-order valence-electron chi connectivity index (χ4n) is 3.86. The molecule has 26 heavy (non-hydrogen) atoms. The molecule has 0 spiro atoms. The smallest absolute Gasteiger partial charge is 0.230 e. The first-order valence-corrected chi connectivity index (χ1v) is 9.52. The molecular formula is C21H26N4O. The van der Waals surface area contributed by atoms with Crippen LogP contribution in [0.2, 0.25) is 0 Å². The summed E-state index contributed by atoms with van der Waals surface area (Å²) in [6.45, 7) is 7.43.